The number of ether oxygens (including phenoxy) is 2. The number of aliphatic hydroxyl groups is 1. The molecule has 1 aromatic carbocycles. The van der Waals surface area contributed by atoms with Crippen LogP contribution in [0.15, 0.2) is 16.6 Å². The van der Waals surface area contributed by atoms with Crippen LogP contribution in [0.4, 0.5) is 0 Å². The Morgan fingerprint density at radius 2 is 1.93 bits per heavy atom. The molecular formula is C11H11BrO3. The van der Waals surface area contributed by atoms with Gasteiger partial charge in [-0.2, -0.15) is 0 Å². The van der Waals surface area contributed by atoms with Gasteiger partial charge in [0.05, 0.1) is 5.60 Å². The second kappa shape index (κ2) is 3.12. The Bertz CT molecular complexity index is 413. The molecule has 0 aromatic heterocycles. The number of hydrogen-bond donors (Lipinski definition) is 1. The zero-order valence-electron chi connectivity index (χ0n) is 8.12. The Hall–Kier alpha value is -0.740. The van der Waals surface area contributed by atoms with Crippen LogP contribution in [0.1, 0.15) is 18.4 Å². The van der Waals surface area contributed by atoms with Gasteiger partial charge in [0.15, 0.2) is 11.5 Å². The van der Waals surface area contributed by atoms with Crippen molar-refractivity contribution in [3.05, 3.63) is 22.2 Å². The Morgan fingerprint density at radius 3 is 2.67 bits per heavy atom. The predicted octanol–water partition coefficient (Wildman–Crippen LogP) is 2.20. The van der Waals surface area contributed by atoms with Gasteiger partial charge in [-0.25, -0.2) is 0 Å². The van der Waals surface area contributed by atoms with E-state index in [4.69, 9.17) is 9.47 Å². The van der Waals surface area contributed by atoms with Gasteiger partial charge in [0.2, 0.25) is 0 Å². The van der Waals surface area contributed by atoms with Crippen molar-refractivity contribution in [3.63, 3.8) is 0 Å². The maximum atomic E-state index is 10.2. The number of halogens is 1. The molecule has 1 aliphatic carbocycles. The third-order valence-corrected chi connectivity index (χ3v) is 3.51. The van der Waals surface area contributed by atoms with Crippen LogP contribution in [0, 0.1) is 0 Å². The lowest BCUT2D eigenvalue weighted by molar-refractivity contribution is 0.129. The average molecular weight is 271 g/mol. The molecule has 0 radical (unpaired) electrons. The van der Waals surface area contributed by atoms with Crippen molar-refractivity contribution in [2.45, 2.75) is 18.4 Å². The third-order valence-electron chi connectivity index (χ3n) is 2.85. The highest BCUT2D eigenvalue weighted by atomic mass is 79.9. The Kier molecular flexibility index (Phi) is 1.97. The Morgan fingerprint density at radius 1 is 1.20 bits per heavy atom. The van der Waals surface area contributed by atoms with Gasteiger partial charge in [0, 0.05) is 10.0 Å². The van der Waals surface area contributed by atoms with Gasteiger partial charge >= 0.3 is 0 Å². The SMILES string of the molecule is OC1(c2c(Br)ccc3c2OCCO3)CC1. The minimum Gasteiger partial charge on any atom is -0.486 e. The van der Waals surface area contributed by atoms with Crippen LogP contribution in [-0.4, -0.2) is 18.3 Å². The predicted molar refractivity (Wildman–Crippen MR) is 58.3 cm³/mol. The lowest BCUT2D eigenvalue weighted by Gasteiger charge is -2.24. The summed E-state index contributed by atoms with van der Waals surface area (Å²) in [6.07, 6.45) is 1.59. The molecule has 0 spiro atoms. The minimum atomic E-state index is -0.703. The molecule has 80 valence electrons. The van der Waals surface area contributed by atoms with Crippen molar-refractivity contribution in [3.8, 4) is 11.5 Å². The molecule has 1 saturated carbocycles. The molecule has 4 heteroatoms. The van der Waals surface area contributed by atoms with Gasteiger partial charge in [-0.3, -0.25) is 0 Å². The molecule has 0 saturated heterocycles. The first-order chi connectivity index (χ1) is 7.21. The third kappa shape index (κ3) is 1.43. The second-order valence-electron chi connectivity index (χ2n) is 3.98. The molecule has 1 heterocycles. The van der Waals surface area contributed by atoms with Crippen LogP contribution < -0.4 is 9.47 Å². The van der Waals surface area contributed by atoms with E-state index in [2.05, 4.69) is 15.9 Å². The molecular weight excluding hydrogens is 260 g/mol. The Labute approximate surface area is 96.1 Å². The largest absolute Gasteiger partial charge is 0.486 e. The summed E-state index contributed by atoms with van der Waals surface area (Å²) >= 11 is 3.46. The van der Waals surface area contributed by atoms with Gasteiger partial charge < -0.3 is 14.6 Å². The molecule has 3 nitrogen and oxygen atoms in total. The molecule has 15 heavy (non-hydrogen) atoms. The molecule has 1 aromatic rings. The Balaban J connectivity index is 2.18. The monoisotopic (exact) mass is 270 g/mol. The zero-order valence-corrected chi connectivity index (χ0v) is 9.71. The smallest absolute Gasteiger partial charge is 0.168 e. The second-order valence-corrected chi connectivity index (χ2v) is 4.83. The van der Waals surface area contributed by atoms with Crippen LogP contribution in [0.5, 0.6) is 11.5 Å². The maximum absolute atomic E-state index is 10.2. The summed E-state index contributed by atoms with van der Waals surface area (Å²) < 4.78 is 12.0. The van der Waals surface area contributed by atoms with E-state index in [0.717, 1.165) is 28.6 Å². The van der Waals surface area contributed by atoms with Gasteiger partial charge in [-0.1, -0.05) is 15.9 Å². The number of benzene rings is 1. The van der Waals surface area contributed by atoms with Crippen molar-refractivity contribution in [2.75, 3.05) is 13.2 Å². The zero-order chi connectivity index (χ0) is 10.5. The molecule has 1 N–H and O–H groups in total. The minimum absolute atomic E-state index is 0.548. The van der Waals surface area contributed by atoms with E-state index in [-0.39, 0.29) is 0 Å². The first kappa shape index (κ1) is 9.48. The van der Waals surface area contributed by atoms with Crippen molar-refractivity contribution in [1.29, 1.82) is 0 Å². The highest BCUT2D eigenvalue weighted by molar-refractivity contribution is 9.10. The molecule has 0 bridgehead atoms. The van der Waals surface area contributed by atoms with Gasteiger partial charge in [-0.05, 0) is 25.0 Å². The molecule has 1 fully saturated rings. The molecule has 2 aliphatic rings. The van der Waals surface area contributed by atoms with Crippen molar-refractivity contribution < 1.29 is 14.6 Å². The summed E-state index contributed by atoms with van der Waals surface area (Å²) in [6.45, 7) is 1.12. The molecule has 1 aliphatic heterocycles. The van der Waals surface area contributed by atoms with Crippen LogP contribution in [0.25, 0.3) is 0 Å². The summed E-state index contributed by atoms with van der Waals surface area (Å²) in [5.41, 5.74) is 0.143. The van der Waals surface area contributed by atoms with E-state index in [1.165, 1.54) is 0 Å². The van der Waals surface area contributed by atoms with E-state index >= 15 is 0 Å². The molecule has 3 rings (SSSR count). The first-order valence-corrected chi connectivity index (χ1v) is 5.81. The van der Waals surface area contributed by atoms with Gasteiger partial charge in [-0.15, -0.1) is 0 Å². The molecule has 0 amide bonds. The summed E-state index contributed by atoms with van der Waals surface area (Å²) in [5.74, 6) is 1.44. The summed E-state index contributed by atoms with van der Waals surface area (Å²) in [5, 5.41) is 10.2. The molecule has 0 atom stereocenters. The van der Waals surface area contributed by atoms with Crippen molar-refractivity contribution in [1.82, 2.24) is 0 Å². The summed E-state index contributed by atoms with van der Waals surface area (Å²) in [7, 11) is 0. The van der Waals surface area contributed by atoms with Crippen molar-refractivity contribution in [2.24, 2.45) is 0 Å². The fourth-order valence-corrected chi connectivity index (χ4v) is 2.58. The van der Waals surface area contributed by atoms with E-state index in [1.807, 2.05) is 12.1 Å². The quantitative estimate of drug-likeness (QED) is 0.851. The van der Waals surface area contributed by atoms with Gasteiger partial charge in [0.1, 0.15) is 13.2 Å². The van der Waals surface area contributed by atoms with Crippen molar-refractivity contribution >= 4 is 15.9 Å². The topological polar surface area (TPSA) is 38.7 Å². The van der Waals surface area contributed by atoms with Crippen LogP contribution >= 0.6 is 15.9 Å². The number of fused-ring (bicyclic) bond motifs is 1. The van der Waals surface area contributed by atoms with Crippen LogP contribution in [-0.2, 0) is 5.60 Å². The van der Waals surface area contributed by atoms with Crippen LogP contribution in [0.3, 0.4) is 0 Å². The highest BCUT2D eigenvalue weighted by Crippen LogP contribution is 2.54. The highest BCUT2D eigenvalue weighted by Gasteiger charge is 2.46. The van der Waals surface area contributed by atoms with Gasteiger partial charge in [0.25, 0.3) is 0 Å². The summed E-state index contributed by atoms with van der Waals surface area (Å²) in [4.78, 5) is 0. The van der Waals surface area contributed by atoms with E-state index in [0.29, 0.717) is 19.0 Å². The fourth-order valence-electron chi connectivity index (χ4n) is 1.89. The number of rotatable bonds is 1. The van der Waals surface area contributed by atoms with Crippen LogP contribution in [0.2, 0.25) is 0 Å². The summed E-state index contributed by atoms with van der Waals surface area (Å²) in [6, 6.07) is 3.77. The standard InChI is InChI=1S/C11H11BrO3/c12-7-1-2-8-10(15-6-5-14-8)9(7)11(13)3-4-11/h1-2,13H,3-6H2. The fraction of sp³-hybridized carbons (Fsp3) is 0.455. The van der Waals surface area contributed by atoms with E-state index < -0.39 is 5.60 Å². The molecule has 0 unspecified atom stereocenters. The lowest BCUT2D eigenvalue weighted by Crippen LogP contribution is -2.19. The lowest BCUT2D eigenvalue weighted by atomic mass is 10.1. The number of hydrogen-bond acceptors (Lipinski definition) is 3. The maximum Gasteiger partial charge on any atom is 0.168 e. The van der Waals surface area contributed by atoms with E-state index in [9.17, 15) is 5.11 Å². The van der Waals surface area contributed by atoms with E-state index in [1.54, 1.807) is 0 Å². The normalized spacial score (nSPS) is 21.2. The first-order valence-electron chi connectivity index (χ1n) is 5.02. The average Bonchev–Trinajstić information content (AvgIpc) is 2.97.